The first kappa shape index (κ1) is 20.3. The number of aliphatic hydroxyl groups excluding tert-OH is 1. The summed E-state index contributed by atoms with van der Waals surface area (Å²) in [4.78, 5) is 14.4. The van der Waals surface area contributed by atoms with Gasteiger partial charge in [0.2, 0.25) is 0 Å². The number of ether oxygens (including phenoxy) is 1. The van der Waals surface area contributed by atoms with Crippen molar-refractivity contribution in [2.45, 2.75) is 19.1 Å². The van der Waals surface area contributed by atoms with Crippen LogP contribution in [0.2, 0.25) is 0 Å². The molecule has 150 valence electrons. The van der Waals surface area contributed by atoms with E-state index in [1.54, 1.807) is 6.07 Å². The average Bonchev–Trinajstić information content (AvgIpc) is 2.72. The number of hydrogen-bond acceptors (Lipinski definition) is 4. The maximum absolute atomic E-state index is 13.2. The fraction of sp³-hybridized carbons (Fsp3) is 0.381. The molecule has 0 radical (unpaired) electrons. The number of benzene rings is 2. The molecule has 3 rings (SSSR count). The first-order valence-electron chi connectivity index (χ1n) is 9.43. The van der Waals surface area contributed by atoms with E-state index in [1.165, 1.54) is 23.8 Å². The van der Waals surface area contributed by atoms with Crippen molar-refractivity contribution >= 4 is 11.7 Å². The fourth-order valence-electron chi connectivity index (χ4n) is 3.22. The number of morpholine rings is 1. The summed E-state index contributed by atoms with van der Waals surface area (Å²) in [5.41, 5.74) is 2.26. The van der Waals surface area contributed by atoms with Gasteiger partial charge in [0.15, 0.2) is 0 Å². The van der Waals surface area contributed by atoms with E-state index in [0.29, 0.717) is 11.3 Å². The van der Waals surface area contributed by atoms with Crippen LogP contribution >= 0.6 is 0 Å². The van der Waals surface area contributed by atoms with E-state index in [0.717, 1.165) is 26.3 Å². The van der Waals surface area contributed by atoms with Gasteiger partial charge in [0.05, 0.1) is 19.3 Å². The largest absolute Gasteiger partial charge is 0.387 e. The Bertz CT molecular complexity index is 779. The van der Waals surface area contributed by atoms with Gasteiger partial charge in [0.1, 0.15) is 5.82 Å². The number of carbonyl (C=O) groups excluding carboxylic acids is 1. The Morgan fingerprint density at radius 3 is 2.57 bits per heavy atom. The van der Waals surface area contributed by atoms with Crippen molar-refractivity contribution in [3.8, 4) is 0 Å². The molecule has 1 fully saturated rings. The molecule has 2 unspecified atom stereocenters. The second kappa shape index (κ2) is 9.64. The molecule has 1 heterocycles. The molecule has 1 aliphatic rings. The van der Waals surface area contributed by atoms with Gasteiger partial charge in [-0.2, -0.15) is 0 Å². The lowest BCUT2D eigenvalue weighted by Crippen LogP contribution is -2.38. The van der Waals surface area contributed by atoms with Crippen molar-refractivity contribution in [3.05, 3.63) is 65.5 Å². The van der Waals surface area contributed by atoms with Gasteiger partial charge in [-0.3, -0.25) is 4.90 Å². The van der Waals surface area contributed by atoms with Crippen LogP contribution in [0.3, 0.4) is 0 Å². The van der Waals surface area contributed by atoms with Crippen molar-refractivity contribution in [2.75, 3.05) is 38.2 Å². The second-order valence-electron chi connectivity index (χ2n) is 6.85. The molecule has 0 bridgehead atoms. The number of urea groups is 1. The van der Waals surface area contributed by atoms with Crippen molar-refractivity contribution in [1.29, 1.82) is 0 Å². The van der Waals surface area contributed by atoms with Crippen LogP contribution in [0.5, 0.6) is 0 Å². The predicted octanol–water partition coefficient (Wildman–Crippen LogP) is 3.07. The molecule has 7 heteroatoms. The minimum Gasteiger partial charge on any atom is -0.387 e. The molecule has 28 heavy (non-hydrogen) atoms. The predicted molar refractivity (Wildman–Crippen MR) is 106 cm³/mol. The summed E-state index contributed by atoms with van der Waals surface area (Å²) in [5, 5.41) is 15.4. The first-order valence-corrected chi connectivity index (χ1v) is 9.43. The molecule has 0 saturated carbocycles. The molecule has 3 N–H and O–H groups in total. The molecule has 2 aromatic rings. The summed E-state index contributed by atoms with van der Waals surface area (Å²) < 4.78 is 18.6. The van der Waals surface area contributed by atoms with E-state index in [4.69, 9.17) is 4.74 Å². The summed E-state index contributed by atoms with van der Waals surface area (Å²) in [7, 11) is 0. The SMILES string of the molecule is CC(c1ccc(NC(=O)NCC(O)c2cccc(F)c2)cc1)N1CCOCC1. The molecular formula is C21H26FN3O3. The van der Waals surface area contributed by atoms with Gasteiger partial charge in [0, 0.05) is 31.4 Å². The monoisotopic (exact) mass is 387 g/mol. The third-order valence-corrected chi connectivity index (χ3v) is 4.93. The maximum Gasteiger partial charge on any atom is 0.319 e. The van der Waals surface area contributed by atoms with Gasteiger partial charge in [0.25, 0.3) is 0 Å². The second-order valence-corrected chi connectivity index (χ2v) is 6.85. The number of halogens is 1. The molecular weight excluding hydrogens is 361 g/mol. The summed E-state index contributed by atoms with van der Waals surface area (Å²) in [6, 6.07) is 13.3. The minimum absolute atomic E-state index is 0.0125. The average molecular weight is 387 g/mol. The van der Waals surface area contributed by atoms with E-state index < -0.39 is 18.0 Å². The Morgan fingerprint density at radius 2 is 1.89 bits per heavy atom. The molecule has 1 aliphatic heterocycles. The number of nitrogens with zero attached hydrogens (tertiary/aromatic N) is 1. The van der Waals surface area contributed by atoms with E-state index in [-0.39, 0.29) is 12.6 Å². The van der Waals surface area contributed by atoms with E-state index >= 15 is 0 Å². The maximum atomic E-state index is 13.2. The van der Waals surface area contributed by atoms with Crippen LogP contribution in [0.4, 0.5) is 14.9 Å². The number of rotatable bonds is 6. The highest BCUT2D eigenvalue weighted by Crippen LogP contribution is 2.22. The van der Waals surface area contributed by atoms with Gasteiger partial charge >= 0.3 is 6.03 Å². The Balaban J connectivity index is 1.48. The van der Waals surface area contributed by atoms with Crippen molar-refractivity contribution in [3.63, 3.8) is 0 Å². The molecule has 0 spiro atoms. The first-order chi connectivity index (χ1) is 13.5. The quantitative estimate of drug-likeness (QED) is 0.712. The summed E-state index contributed by atoms with van der Waals surface area (Å²) in [6.07, 6.45) is -0.974. The summed E-state index contributed by atoms with van der Waals surface area (Å²) in [6.45, 7) is 5.49. The third-order valence-electron chi connectivity index (χ3n) is 4.93. The van der Waals surface area contributed by atoms with Gasteiger partial charge in [-0.15, -0.1) is 0 Å². The molecule has 6 nitrogen and oxygen atoms in total. The van der Waals surface area contributed by atoms with Crippen molar-refractivity contribution < 1.29 is 19.0 Å². The zero-order chi connectivity index (χ0) is 19.9. The molecule has 2 atom stereocenters. The Hall–Kier alpha value is -2.48. The van der Waals surface area contributed by atoms with Crippen LogP contribution in [0.15, 0.2) is 48.5 Å². The number of anilines is 1. The topological polar surface area (TPSA) is 73.8 Å². The summed E-state index contributed by atoms with van der Waals surface area (Å²) >= 11 is 0. The van der Waals surface area contributed by atoms with Crippen LogP contribution in [0, 0.1) is 5.82 Å². The minimum atomic E-state index is -0.974. The highest BCUT2D eigenvalue weighted by atomic mass is 19.1. The van der Waals surface area contributed by atoms with Crippen LogP contribution in [-0.2, 0) is 4.74 Å². The van der Waals surface area contributed by atoms with Crippen molar-refractivity contribution in [2.24, 2.45) is 0 Å². The Labute approximate surface area is 164 Å². The number of carbonyl (C=O) groups is 1. The van der Waals surface area contributed by atoms with Crippen molar-refractivity contribution in [1.82, 2.24) is 10.2 Å². The molecule has 0 aliphatic carbocycles. The highest BCUT2D eigenvalue weighted by molar-refractivity contribution is 5.89. The van der Waals surface area contributed by atoms with E-state index in [2.05, 4.69) is 22.5 Å². The van der Waals surface area contributed by atoms with E-state index in [1.807, 2.05) is 24.3 Å². The number of hydrogen-bond donors (Lipinski definition) is 3. The highest BCUT2D eigenvalue weighted by Gasteiger charge is 2.18. The lowest BCUT2D eigenvalue weighted by Gasteiger charge is -2.32. The van der Waals surface area contributed by atoms with Crippen LogP contribution < -0.4 is 10.6 Å². The van der Waals surface area contributed by atoms with Crippen LogP contribution in [-0.4, -0.2) is 48.9 Å². The summed E-state index contributed by atoms with van der Waals surface area (Å²) in [5.74, 6) is -0.424. The molecule has 1 saturated heterocycles. The van der Waals surface area contributed by atoms with Gasteiger partial charge < -0.3 is 20.5 Å². The Morgan fingerprint density at radius 1 is 1.18 bits per heavy atom. The number of aliphatic hydroxyl groups is 1. The zero-order valence-electron chi connectivity index (χ0n) is 15.9. The standard InChI is InChI=1S/C21H26FN3O3/c1-15(25-9-11-28-12-10-25)16-5-7-19(8-6-16)24-21(27)23-14-20(26)17-3-2-4-18(22)13-17/h2-8,13,15,20,26H,9-12,14H2,1H3,(H2,23,24,27). The molecule has 2 amide bonds. The van der Waals surface area contributed by atoms with Gasteiger partial charge in [-0.1, -0.05) is 24.3 Å². The van der Waals surface area contributed by atoms with Crippen LogP contribution in [0.1, 0.15) is 30.2 Å². The van der Waals surface area contributed by atoms with E-state index in [9.17, 15) is 14.3 Å². The molecule has 2 aromatic carbocycles. The Kier molecular flexibility index (Phi) is 6.97. The third kappa shape index (κ3) is 5.51. The molecule has 0 aromatic heterocycles. The fourth-order valence-corrected chi connectivity index (χ4v) is 3.22. The van der Waals surface area contributed by atoms with Gasteiger partial charge in [-0.05, 0) is 42.3 Å². The van der Waals surface area contributed by atoms with Gasteiger partial charge in [-0.25, -0.2) is 9.18 Å². The lowest BCUT2D eigenvalue weighted by atomic mass is 10.1. The van der Waals surface area contributed by atoms with Crippen LogP contribution in [0.25, 0.3) is 0 Å². The lowest BCUT2D eigenvalue weighted by molar-refractivity contribution is 0.0198. The number of amides is 2. The normalized spacial score (nSPS) is 17.0. The number of nitrogens with one attached hydrogen (secondary N) is 2. The smallest absolute Gasteiger partial charge is 0.319 e. The zero-order valence-corrected chi connectivity index (χ0v) is 15.9.